The maximum atomic E-state index is 3.78. The molecule has 0 amide bonds. The Hall–Kier alpha value is 1.64. The van der Waals surface area contributed by atoms with Crippen LogP contribution >= 0.6 is 15.3 Å². The molecule has 0 fully saturated rings. The van der Waals surface area contributed by atoms with Gasteiger partial charge in [0.2, 0.25) is 0 Å². The van der Waals surface area contributed by atoms with E-state index in [0.717, 1.165) is 0 Å². The molecule has 0 rings (SSSR count). The van der Waals surface area contributed by atoms with Crippen molar-refractivity contribution in [1.29, 1.82) is 0 Å². The first-order chi connectivity index (χ1) is 4.15. The Balaban J connectivity index is -0.000000135. The van der Waals surface area contributed by atoms with Crippen LogP contribution in [0.4, 0.5) is 0 Å². The van der Waals surface area contributed by atoms with Crippen LogP contribution in [0.5, 0.6) is 0 Å². The van der Waals surface area contributed by atoms with Gasteiger partial charge in [0.15, 0.2) is 6.85 Å². The Morgan fingerprint density at radius 1 is 1.09 bits per heavy atom. The molecule has 0 saturated heterocycles. The smallest absolute Gasteiger partial charge is 1.00 e. The van der Waals surface area contributed by atoms with E-state index in [0.29, 0.717) is 0 Å². The minimum atomic E-state index is -1.19. The van der Waals surface area contributed by atoms with Gasteiger partial charge in [0.25, 0.3) is 0 Å². The quantitative estimate of drug-likeness (QED) is 0.549. The third-order valence-corrected chi connectivity index (χ3v) is 11.7. The van der Waals surface area contributed by atoms with Crippen molar-refractivity contribution in [3.8, 4) is 0 Å². The summed E-state index contributed by atoms with van der Waals surface area (Å²) in [6.07, 6.45) is 0. The summed E-state index contributed by atoms with van der Waals surface area (Å²) in [6, 6.07) is 0. The zero-order chi connectivity index (χ0) is 8.58. The summed E-state index contributed by atoms with van der Waals surface area (Å²) >= 11 is 3.78. The fourth-order valence-electron chi connectivity index (χ4n) is 0.798. The Labute approximate surface area is 99.8 Å². The Bertz CT molecular complexity index is 113. The molecule has 0 atom stereocenters. The average molecular weight is 267 g/mol. The van der Waals surface area contributed by atoms with Gasteiger partial charge >= 0.3 is 23.1 Å². The van der Waals surface area contributed by atoms with Gasteiger partial charge in [0, 0.05) is 0 Å². The van der Waals surface area contributed by atoms with E-state index in [-0.39, 0.29) is 25.9 Å². The summed E-state index contributed by atoms with van der Waals surface area (Å²) in [5.74, 6) is 0. The van der Waals surface area contributed by atoms with Crippen LogP contribution in [0.15, 0.2) is 0 Å². The average Bonchev–Trinajstić information content (AvgIpc) is 1.59. The topological polar surface area (TPSA) is 3.24 Å². The summed E-state index contributed by atoms with van der Waals surface area (Å²) in [4.78, 5) is 0. The van der Waals surface area contributed by atoms with Gasteiger partial charge in [0.05, 0.1) is 0 Å². The number of halogens is 1. The predicted octanol–water partition coefficient (Wildman–Crippen LogP) is 2.69. The largest absolute Gasteiger partial charge is 2.00 e. The van der Waals surface area contributed by atoms with E-state index in [2.05, 4.69) is 59.3 Å². The van der Waals surface area contributed by atoms with Gasteiger partial charge in [-0.3, -0.25) is 0 Å². The van der Waals surface area contributed by atoms with E-state index in [1.807, 2.05) is 0 Å². The molecule has 0 aliphatic carbocycles. The van der Waals surface area contributed by atoms with Gasteiger partial charge < -0.3 is 7.08 Å². The molecular weight excluding hydrogens is 246 g/mol. The Morgan fingerprint density at radius 2 is 1.36 bits per heavy atom. The van der Waals surface area contributed by atoms with E-state index in [4.69, 9.17) is 0 Å². The van der Waals surface area contributed by atoms with E-state index in [9.17, 15) is 0 Å². The van der Waals surface area contributed by atoms with Gasteiger partial charge in [-0.1, -0.05) is 19.6 Å². The van der Waals surface area contributed by atoms with Gasteiger partial charge in [0.1, 0.15) is 8.24 Å². The number of rotatable bonds is 2. The van der Waals surface area contributed by atoms with Crippen molar-refractivity contribution in [2.24, 2.45) is 0 Å². The van der Waals surface area contributed by atoms with Crippen LogP contribution in [0.25, 0.3) is 0 Å². The number of hydrogen-bond donors (Lipinski definition) is 0. The molecule has 1 nitrogen and oxygen atoms in total. The molecule has 0 saturated carbocycles. The molecule has 0 aromatic carbocycles. The molecule has 0 aromatic rings. The molecule has 0 radical (unpaired) electrons. The van der Waals surface area contributed by atoms with Crippen LogP contribution in [0.2, 0.25) is 32.7 Å². The molecule has 0 aromatic heterocycles. The second kappa shape index (κ2) is 4.76. The maximum absolute atomic E-state index is 3.78. The summed E-state index contributed by atoms with van der Waals surface area (Å²) in [7, 11) is 1.20. The Morgan fingerprint density at radius 3 is 1.36 bits per heavy atom. The first kappa shape index (κ1) is 15.1. The minimum absolute atomic E-state index is 0. The second-order valence-corrected chi connectivity index (χ2v) is 18.9. The minimum Gasteiger partial charge on any atom is -1.00 e. The first-order valence-corrected chi connectivity index (χ1v) is 12.2. The second-order valence-electron chi connectivity index (χ2n) is 4.14. The standard InChI is InChI=1S/C6H18BrNSi2.Mg.2H/c1-8(9(2,3)4)10(5,6)7;;;/h1-6H3;;;/q;+2;2*-1. The van der Waals surface area contributed by atoms with Crippen molar-refractivity contribution in [1.82, 2.24) is 4.23 Å². The van der Waals surface area contributed by atoms with Crippen LogP contribution in [0.3, 0.4) is 0 Å². The van der Waals surface area contributed by atoms with Crippen molar-refractivity contribution < 1.29 is 2.85 Å². The maximum Gasteiger partial charge on any atom is 2.00 e. The first-order valence-electron chi connectivity index (χ1n) is 3.58. The number of hydrogen-bond acceptors (Lipinski definition) is 1. The SMILES string of the molecule is CN([Si](C)(C)C)[Si](C)(C)Br.[H-].[H-].[Mg+2]. The van der Waals surface area contributed by atoms with E-state index < -0.39 is 15.1 Å². The van der Waals surface area contributed by atoms with Gasteiger partial charge in [-0.2, -0.15) is 0 Å². The van der Waals surface area contributed by atoms with Gasteiger partial charge in [-0.05, 0) is 20.1 Å². The van der Waals surface area contributed by atoms with E-state index in [1.165, 1.54) is 0 Å². The predicted molar refractivity (Wildman–Crippen MR) is 65.5 cm³/mol. The number of nitrogens with zero attached hydrogens (tertiary/aromatic N) is 1. The molecule has 0 spiro atoms. The molecule has 0 aliphatic heterocycles. The van der Waals surface area contributed by atoms with Crippen LogP contribution in [0.1, 0.15) is 2.85 Å². The fraction of sp³-hybridized carbons (Fsp3) is 1.00. The third-order valence-electron chi connectivity index (χ3n) is 1.80. The third kappa shape index (κ3) is 5.81. The normalized spacial score (nSPS) is 13.1. The molecule has 0 N–H and O–H groups in total. The molecule has 66 valence electrons. The molecule has 0 unspecified atom stereocenters. The van der Waals surface area contributed by atoms with Crippen molar-refractivity contribution in [2.45, 2.75) is 32.7 Å². The Kier molecular flexibility index (Phi) is 6.54. The van der Waals surface area contributed by atoms with Crippen LogP contribution < -0.4 is 0 Å². The van der Waals surface area contributed by atoms with Crippen molar-refractivity contribution in [3.05, 3.63) is 0 Å². The monoisotopic (exact) mass is 265 g/mol. The van der Waals surface area contributed by atoms with Crippen LogP contribution in [0, 0.1) is 0 Å². The zero-order valence-corrected chi connectivity index (χ0v) is 13.5. The van der Waals surface area contributed by atoms with Gasteiger partial charge in [-0.15, -0.1) is 15.3 Å². The zero-order valence-electron chi connectivity index (χ0n) is 10.5. The van der Waals surface area contributed by atoms with Crippen molar-refractivity contribution in [3.63, 3.8) is 0 Å². The molecule has 0 heterocycles. The van der Waals surface area contributed by atoms with E-state index in [1.54, 1.807) is 0 Å². The summed E-state index contributed by atoms with van der Waals surface area (Å²) in [5, 5.41) is 0. The summed E-state index contributed by atoms with van der Waals surface area (Å²) in [6.45, 7) is 10.6. The van der Waals surface area contributed by atoms with Crippen molar-refractivity contribution in [2.75, 3.05) is 7.05 Å². The van der Waals surface area contributed by atoms with E-state index >= 15 is 0 Å². The summed E-state index contributed by atoms with van der Waals surface area (Å²) < 4.78 is 2.57. The molecule has 0 aliphatic rings. The van der Waals surface area contributed by atoms with Crippen LogP contribution in [-0.4, -0.2) is 49.4 Å². The summed E-state index contributed by atoms with van der Waals surface area (Å²) in [5.41, 5.74) is 0. The molecule has 5 heteroatoms. The van der Waals surface area contributed by atoms with Gasteiger partial charge in [-0.25, -0.2) is 0 Å². The fourth-order valence-corrected chi connectivity index (χ4v) is 12.0. The van der Waals surface area contributed by atoms with Crippen LogP contribution in [-0.2, 0) is 0 Å². The molecule has 11 heavy (non-hydrogen) atoms. The molecular formula is C6H20BrMgNSi2. The van der Waals surface area contributed by atoms with Crippen molar-refractivity contribution >= 4 is 53.4 Å². The molecule has 0 bridgehead atoms.